The number of rotatable bonds is 18. The number of benzene rings is 3. The number of pyridine rings is 1. The van der Waals surface area contributed by atoms with Gasteiger partial charge < -0.3 is 48.1 Å². The van der Waals surface area contributed by atoms with Gasteiger partial charge in [-0.3, -0.25) is 9.69 Å². The van der Waals surface area contributed by atoms with E-state index in [0.29, 0.717) is 41.2 Å². The highest BCUT2D eigenvalue weighted by Gasteiger charge is 2.41. The Morgan fingerprint density at radius 2 is 1.62 bits per heavy atom. The quantitative estimate of drug-likeness (QED) is 0.0327. The van der Waals surface area contributed by atoms with Crippen molar-refractivity contribution in [1.82, 2.24) is 20.1 Å². The van der Waals surface area contributed by atoms with Crippen molar-refractivity contribution in [3.05, 3.63) is 130 Å². The van der Waals surface area contributed by atoms with Crippen LogP contribution in [-0.2, 0) is 25.2 Å². The molecule has 386 valence electrons. The Labute approximate surface area is 429 Å². The Hall–Kier alpha value is -5.52. The van der Waals surface area contributed by atoms with E-state index >= 15 is 0 Å². The lowest BCUT2D eigenvalue weighted by Crippen LogP contribution is -2.52. The molecule has 0 radical (unpaired) electrons. The van der Waals surface area contributed by atoms with Crippen LogP contribution in [0.3, 0.4) is 0 Å². The molecule has 2 aromatic heterocycles. The average molecular weight is 1040 g/mol. The molecule has 2 bridgehead atoms. The van der Waals surface area contributed by atoms with E-state index in [9.17, 15) is 24.3 Å². The van der Waals surface area contributed by atoms with Gasteiger partial charge in [0.2, 0.25) is 11.3 Å². The van der Waals surface area contributed by atoms with Gasteiger partial charge in [-0.1, -0.05) is 69.3 Å². The molecule has 18 heteroatoms. The van der Waals surface area contributed by atoms with Crippen molar-refractivity contribution < 1.29 is 47.3 Å². The Morgan fingerprint density at radius 3 is 2.30 bits per heavy atom. The topological polar surface area (TPSA) is 182 Å². The number of piperidine rings is 3. The van der Waals surface area contributed by atoms with Gasteiger partial charge in [-0.05, 0) is 137 Å². The zero-order chi connectivity index (χ0) is 49.5. The van der Waals surface area contributed by atoms with Crippen LogP contribution in [-0.4, -0.2) is 97.4 Å². The zero-order valence-corrected chi connectivity index (χ0v) is 44.6. The maximum atomic E-state index is 13.8. The van der Waals surface area contributed by atoms with E-state index in [1.54, 1.807) is 49.9 Å². The SMILES string of the molecule is CC(C)(C)OC(=O)N(CCCCOC(=O)c1ccc(COc2cccc(C(NC(=O)O[C@H]3CN4CCC3CC4)c3ccccc3)c2)o1)CC(O[Si](C)(C)C(C)(C)C)c1ccc(O)c2[nH]c(=O)ccc12.Cl.Cl. The van der Waals surface area contributed by atoms with E-state index in [4.69, 9.17) is 27.8 Å². The number of esters is 1. The van der Waals surface area contributed by atoms with Crippen molar-refractivity contribution in [3.8, 4) is 11.5 Å². The van der Waals surface area contributed by atoms with Gasteiger partial charge in [0.1, 0.15) is 35.6 Å². The molecule has 8 rings (SSSR count). The van der Waals surface area contributed by atoms with Crippen LogP contribution in [0.1, 0.15) is 112 Å². The third-order valence-corrected chi connectivity index (χ3v) is 17.8. The van der Waals surface area contributed by atoms with Gasteiger partial charge in [0.05, 0.1) is 30.8 Å². The van der Waals surface area contributed by atoms with Crippen molar-refractivity contribution in [3.63, 3.8) is 0 Å². The zero-order valence-electron chi connectivity index (χ0n) is 42.0. The molecule has 0 spiro atoms. The highest BCUT2D eigenvalue weighted by Crippen LogP contribution is 2.42. The van der Waals surface area contributed by atoms with Crippen molar-refractivity contribution >= 4 is 62.2 Å². The molecule has 0 aliphatic carbocycles. The number of carbonyl (C=O) groups excluding carboxylic acids is 3. The number of nitrogens with one attached hydrogen (secondary N) is 2. The molecule has 3 N–H and O–H groups in total. The summed E-state index contributed by atoms with van der Waals surface area (Å²) in [5.74, 6) is 0.685. The molecule has 15 nitrogen and oxygen atoms in total. The summed E-state index contributed by atoms with van der Waals surface area (Å²) < 4.78 is 36.4. The fourth-order valence-electron chi connectivity index (χ4n) is 8.54. The fraction of sp³-hybridized carbons (Fsp3) is 0.472. The maximum absolute atomic E-state index is 13.8. The minimum absolute atomic E-state index is 0. The Morgan fingerprint density at radius 1 is 0.901 bits per heavy atom. The summed E-state index contributed by atoms with van der Waals surface area (Å²) in [6, 6.07) is 26.3. The molecule has 2 amide bonds. The van der Waals surface area contributed by atoms with Crippen molar-refractivity contribution in [2.24, 2.45) is 5.92 Å². The number of unbranched alkanes of at least 4 members (excludes halogenated alkanes) is 1. The van der Waals surface area contributed by atoms with Crippen LogP contribution in [0, 0.1) is 5.92 Å². The van der Waals surface area contributed by atoms with Gasteiger partial charge in [0, 0.05) is 24.5 Å². The molecule has 3 atom stereocenters. The number of aromatic nitrogens is 1. The van der Waals surface area contributed by atoms with Crippen LogP contribution in [0.15, 0.2) is 100 Å². The second-order valence-electron chi connectivity index (χ2n) is 20.6. The number of hydrogen-bond donors (Lipinski definition) is 3. The molecule has 0 saturated carbocycles. The first kappa shape index (κ1) is 56.4. The fourth-order valence-corrected chi connectivity index (χ4v) is 9.80. The lowest BCUT2D eigenvalue weighted by molar-refractivity contribution is -0.0336. The number of phenolic OH excluding ortho intramolecular Hbond substituents is 1. The van der Waals surface area contributed by atoms with Gasteiger partial charge in [-0.2, -0.15) is 0 Å². The van der Waals surface area contributed by atoms with Gasteiger partial charge in [-0.25, -0.2) is 14.4 Å². The van der Waals surface area contributed by atoms with Crippen LogP contribution >= 0.6 is 24.8 Å². The van der Waals surface area contributed by atoms with Crippen molar-refractivity contribution in [2.75, 3.05) is 39.3 Å². The number of nitrogens with zero attached hydrogens (tertiary/aromatic N) is 2. The summed E-state index contributed by atoms with van der Waals surface area (Å²) in [4.78, 5) is 59.2. The van der Waals surface area contributed by atoms with E-state index in [-0.39, 0.29) is 84.8 Å². The average Bonchev–Trinajstić information content (AvgIpc) is 3.79. The molecular weight excluding hydrogens is 968 g/mol. The van der Waals surface area contributed by atoms with Gasteiger partial charge in [-0.15, -0.1) is 24.8 Å². The van der Waals surface area contributed by atoms with E-state index in [1.165, 1.54) is 12.1 Å². The third kappa shape index (κ3) is 15.0. The van der Waals surface area contributed by atoms with Gasteiger partial charge in [0.15, 0.2) is 8.32 Å². The molecule has 3 aliphatic rings. The smallest absolute Gasteiger partial charge is 0.410 e. The molecule has 5 heterocycles. The Balaban J connectivity index is 0.00000469. The van der Waals surface area contributed by atoms with E-state index < -0.39 is 44.2 Å². The van der Waals surface area contributed by atoms with E-state index in [1.807, 2.05) is 54.6 Å². The summed E-state index contributed by atoms with van der Waals surface area (Å²) in [7, 11) is -2.46. The molecule has 3 saturated heterocycles. The van der Waals surface area contributed by atoms with Crippen molar-refractivity contribution in [2.45, 2.75) is 116 Å². The second-order valence-corrected chi connectivity index (χ2v) is 25.4. The number of carbonyl (C=O) groups is 3. The second kappa shape index (κ2) is 24.3. The predicted molar refractivity (Wildman–Crippen MR) is 279 cm³/mol. The number of ether oxygens (including phenoxy) is 4. The van der Waals surface area contributed by atoms with Crippen molar-refractivity contribution in [1.29, 1.82) is 0 Å². The first-order valence-electron chi connectivity index (χ1n) is 24.0. The number of hydrogen-bond acceptors (Lipinski definition) is 12. The Bertz CT molecular complexity index is 2620. The number of H-pyrrole nitrogens is 1. The summed E-state index contributed by atoms with van der Waals surface area (Å²) in [6.07, 6.45) is 1.26. The first-order valence-corrected chi connectivity index (χ1v) is 26.9. The van der Waals surface area contributed by atoms with E-state index in [0.717, 1.165) is 43.6 Å². The van der Waals surface area contributed by atoms with Crippen LogP contribution < -0.4 is 15.6 Å². The molecule has 3 aliphatic heterocycles. The minimum atomic E-state index is -2.46. The van der Waals surface area contributed by atoms with Gasteiger partial charge >= 0.3 is 18.2 Å². The maximum Gasteiger partial charge on any atom is 0.410 e. The van der Waals surface area contributed by atoms with Gasteiger partial charge in [0.25, 0.3) is 0 Å². The summed E-state index contributed by atoms with van der Waals surface area (Å²) in [6.45, 7) is 19.5. The number of furan rings is 1. The number of halogens is 2. The number of aromatic hydroxyl groups is 1. The normalized spacial score (nSPS) is 17.5. The number of amides is 2. The predicted octanol–water partition coefficient (Wildman–Crippen LogP) is 11.1. The molecule has 5 aromatic rings. The van der Waals surface area contributed by atoms with Crippen LogP contribution in [0.4, 0.5) is 9.59 Å². The highest BCUT2D eigenvalue weighted by molar-refractivity contribution is 6.74. The summed E-state index contributed by atoms with van der Waals surface area (Å²) >= 11 is 0. The molecule has 71 heavy (non-hydrogen) atoms. The standard InChI is InChI=1S/C53H68N4O11Si.2ClH/c1-52(2,3)67-51(62)57(33-45(68-69(7,8)53(4,5)6)40-20-22-42(58)48-41(40)21-24-46(59)54-48)27-12-13-30-63-49(60)43-23-19-39(65-43)34-64-38-18-14-17-37(31-38)47(36-15-10-9-11-16-36)55-50(61)66-44-32-56-28-25-35(44)26-29-56;;/h9-11,14-24,31,35,44-45,47,58H,12-13,25-30,32-34H2,1-8H3,(H,54,59)(H,55,61);2*1H/t44-,45?,47?;;/m0../s1. The van der Waals surface area contributed by atoms with E-state index in [2.05, 4.69) is 49.1 Å². The molecule has 2 unspecified atom stereocenters. The lowest BCUT2D eigenvalue weighted by Gasteiger charge is -2.43. The molecule has 3 aromatic carbocycles. The first-order chi connectivity index (χ1) is 32.7. The molecular formula is C53H70Cl2N4O11Si. The van der Waals surface area contributed by atoms with Crippen LogP contribution in [0.25, 0.3) is 10.9 Å². The Kier molecular flexibility index (Phi) is 19.3. The summed E-state index contributed by atoms with van der Waals surface area (Å²) in [5.41, 5.74) is 1.59. The number of phenols is 1. The van der Waals surface area contributed by atoms with Crippen LogP contribution in [0.2, 0.25) is 18.1 Å². The lowest BCUT2D eigenvalue weighted by atomic mass is 9.86. The number of aromatic amines is 1. The highest BCUT2D eigenvalue weighted by atomic mass is 35.5. The molecule has 3 fully saturated rings. The number of fused-ring (bicyclic) bond motifs is 4. The number of alkyl carbamates (subject to hydrolysis) is 1. The minimum Gasteiger partial charge on any atom is -0.506 e. The largest absolute Gasteiger partial charge is 0.506 e. The third-order valence-electron chi connectivity index (χ3n) is 13.3. The summed E-state index contributed by atoms with van der Waals surface area (Å²) in [5, 5.41) is 14.2. The monoisotopic (exact) mass is 1040 g/mol. The van der Waals surface area contributed by atoms with Crippen LogP contribution in [0.5, 0.6) is 11.5 Å².